The number of hydrogen-bond acceptors (Lipinski definition) is 5. The highest BCUT2D eigenvalue weighted by Crippen LogP contribution is 2.11. The van der Waals surface area contributed by atoms with Crippen LogP contribution in [0.15, 0.2) is 48.7 Å². The van der Waals surface area contributed by atoms with E-state index in [9.17, 15) is 14.9 Å². The normalized spacial score (nSPS) is 10.4. The lowest BCUT2D eigenvalue weighted by atomic mass is 10.2. The molecule has 1 aromatic carbocycles. The molecule has 0 atom stereocenters. The Labute approximate surface area is 130 Å². The Balaban J connectivity index is 1.66. The van der Waals surface area contributed by atoms with Gasteiger partial charge in [-0.3, -0.25) is 9.48 Å². The third-order valence-corrected chi connectivity index (χ3v) is 3.06. The summed E-state index contributed by atoms with van der Waals surface area (Å²) in [6, 6.07) is 12.5. The van der Waals surface area contributed by atoms with Gasteiger partial charge in [-0.15, -0.1) is 5.10 Å². The third kappa shape index (κ3) is 3.40. The minimum atomic E-state index is -0.654. The number of aromatic amines is 1. The monoisotopic (exact) mass is 312 g/mol. The summed E-state index contributed by atoms with van der Waals surface area (Å²) in [7, 11) is 0. The van der Waals surface area contributed by atoms with Gasteiger partial charge in [0.2, 0.25) is 0 Å². The van der Waals surface area contributed by atoms with Crippen LogP contribution in [0, 0.1) is 10.1 Å². The highest BCUT2D eigenvalue weighted by Gasteiger charge is 2.17. The van der Waals surface area contributed by atoms with Crippen LogP contribution in [-0.2, 0) is 6.54 Å². The lowest BCUT2D eigenvalue weighted by Crippen LogP contribution is -2.13. The van der Waals surface area contributed by atoms with Crippen LogP contribution in [-0.4, -0.2) is 30.8 Å². The summed E-state index contributed by atoms with van der Waals surface area (Å²) in [5.41, 5.74) is 1.01. The van der Waals surface area contributed by atoms with Gasteiger partial charge in [-0.05, 0) is 10.5 Å². The average Bonchev–Trinajstić information content (AvgIpc) is 3.18. The first kappa shape index (κ1) is 14.4. The molecule has 0 bridgehead atoms. The lowest BCUT2D eigenvalue weighted by molar-refractivity contribution is -0.389. The maximum atomic E-state index is 12.0. The number of nitrogens with one attached hydrogen (secondary N) is 2. The average molecular weight is 312 g/mol. The van der Waals surface area contributed by atoms with Crippen LogP contribution in [0.3, 0.4) is 0 Å². The summed E-state index contributed by atoms with van der Waals surface area (Å²) in [6.07, 6.45) is 1.73. The predicted octanol–water partition coefficient (Wildman–Crippen LogP) is 1.81. The number of rotatable bonds is 5. The van der Waals surface area contributed by atoms with Crippen molar-refractivity contribution in [3.8, 4) is 0 Å². The summed E-state index contributed by atoms with van der Waals surface area (Å²) < 4.78 is 1.68. The van der Waals surface area contributed by atoms with Crippen molar-refractivity contribution < 1.29 is 9.72 Å². The minimum absolute atomic E-state index is 0.0747. The molecule has 0 aliphatic rings. The quantitative estimate of drug-likeness (QED) is 0.550. The molecule has 0 spiro atoms. The Hall–Kier alpha value is -3.49. The molecular weight excluding hydrogens is 300 g/mol. The second-order valence-electron chi connectivity index (χ2n) is 4.73. The SMILES string of the molecule is O=C(Nc1ccn(Cc2ccccc2)n1)c1cc([N+](=O)[O-])[nH]n1. The fraction of sp³-hybridized carbons (Fsp3) is 0.0714. The van der Waals surface area contributed by atoms with E-state index in [-0.39, 0.29) is 11.5 Å². The van der Waals surface area contributed by atoms with Crippen molar-refractivity contribution in [3.05, 3.63) is 70.0 Å². The van der Waals surface area contributed by atoms with Crippen molar-refractivity contribution in [2.45, 2.75) is 6.54 Å². The number of anilines is 1. The van der Waals surface area contributed by atoms with E-state index >= 15 is 0 Å². The van der Waals surface area contributed by atoms with Gasteiger partial charge in [-0.2, -0.15) is 5.10 Å². The molecule has 23 heavy (non-hydrogen) atoms. The second-order valence-corrected chi connectivity index (χ2v) is 4.73. The van der Waals surface area contributed by atoms with Gasteiger partial charge in [-0.25, -0.2) is 0 Å². The Morgan fingerprint density at radius 2 is 2.09 bits per heavy atom. The van der Waals surface area contributed by atoms with Crippen molar-refractivity contribution in [1.82, 2.24) is 20.0 Å². The summed E-state index contributed by atoms with van der Waals surface area (Å²) in [5.74, 6) is -0.569. The Morgan fingerprint density at radius 3 is 2.78 bits per heavy atom. The van der Waals surface area contributed by atoms with Crippen LogP contribution in [0.4, 0.5) is 11.6 Å². The van der Waals surface area contributed by atoms with Crippen molar-refractivity contribution >= 4 is 17.5 Å². The summed E-state index contributed by atoms with van der Waals surface area (Å²) in [4.78, 5) is 21.9. The van der Waals surface area contributed by atoms with Crippen LogP contribution < -0.4 is 5.32 Å². The smallest absolute Gasteiger partial charge is 0.343 e. The van der Waals surface area contributed by atoms with Crippen LogP contribution in [0.2, 0.25) is 0 Å². The highest BCUT2D eigenvalue weighted by atomic mass is 16.6. The molecule has 0 radical (unpaired) electrons. The van der Waals surface area contributed by atoms with Gasteiger partial charge >= 0.3 is 5.82 Å². The van der Waals surface area contributed by atoms with Gasteiger partial charge in [0.25, 0.3) is 5.91 Å². The number of nitrogens with zero attached hydrogens (tertiary/aromatic N) is 4. The van der Waals surface area contributed by atoms with E-state index in [0.717, 1.165) is 11.6 Å². The second kappa shape index (κ2) is 6.10. The van der Waals surface area contributed by atoms with Crippen molar-refractivity contribution in [3.63, 3.8) is 0 Å². The summed E-state index contributed by atoms with van der Waals surface area (Å²) in [6.45, 7) is 0.574. The molecule has 2 aromatic heterocycles. The van der Waals surface area contributed by atoms with Crippen LogP contribution in [0.1, 0.15) is 16.1 Å². The van der Waals surface area contributed by atoms with Gasteiger partial charge in [0, 0.05) is 12.3 Å². The minimum Gasteiger partial charge on any atom is -0.358 e. The number of benzene rings is 1. The van der Waals surface area contributed by atoms with E-state index in [0.29, 0.717) is 12.4 Å². The molecule has 3 rings (SSSR count). The highest BCUT2D eigenvalue weighted by molar-refractivity contribution is 6.02. The zero-order chi connectivity index (χ0) is 16.2. The first-order valence-corrected chi connectivity index (χ1v) is 6.70. The predicted molar refractivity (Wildman–Crippen MR) is 81.0 cm³/mol. The molecule has 0 aliphatic carbocycles. The van der Waals surface area contributed by atoms with Gasteiger partial charge < -0.3 is 15.4 Å². The number of nitro groups is 1. The van der Waals surface area contributed by atoms with E-state index in [1.54, 1.807) is 16.9 Å². The molecule has 0 aliphatic heterocycles. The Kier molecular flexibility index (Phi) is 3.83. The number of hydrogen-bond donors (Lipinski definition) is 2. The lowest BCUT2D eigenvalue weighted by Gasteiger charge is -2.01. The largest absolute Gasteiger partial charge is 0.358 e. The molecule has 0 saturated heterocycles. The first-order valence-electron chi connectivity index (χ1n) is 6.70. The maximum Gasteiger partial charge on any atom is 0.343 e. The van der Waals surface area contributed by atoms with Crippen LogP contribution in [0.25, 0.3) is 0 Å². The Morgan fingerprint density at radius 1 is 1.30 bits per heavy atom. The molecule has 2 N–H and O–H groups in total. The summed E-state index contributed by atoms with van der Waals surface area (Å²) in [5, 5.41) is 23.1. The molecule has 2 heterocycles. The molecule has 0 unspecified atom stereocenters. The molecule has 0 saturated carbocycles. The molecule has 0 fully saturated rings. The number of H-pyrrole nitrogens is 1. The van der Waals surface area contributed by atoms with Crippen molar-refractivity contribution in [2.24, 2.45) is 0 Å². The topological polar surface area (TPSA) is 119 Å². The van der Waals surface area contributed by atoms with Gasteiger partial charge in [0.1, 0.15) is 0 Å². The molecular formula is C14H12N6O3. The zero-order valence-corrected chi connectivity index (χ0v) is 11.8. The van der Waals surface area contributed by atoms with E-state index in [2.05, 4.69) is 20.6 Å². The van der Waals surface area contributed by atoms with Gasteiger partial charge in [0.05, 0.1) is 12.6 Å². The third-order valence-electron chi connectivity index (χ3n) is 3.06. The summed E-state index contributed by atoms with van der Waals surface area (Å²) >= 11 is 0. The van der Waals surface area contributed by atoms with Crippen molar-refractivity contribution in [1.29, 1.82) is 0 Å². The van der Waals surface area contributed by atoms with Crippen LogP contribution >= 0.6 is 0 Å². The fourth-order valence-electron chi connectivity index (χ4n) is 1.99. The van der Waals surface area contributed by atoms with E-state index in [1.807, 2.05) is 30.3 Å². The molecule has 116 valence electrons. The van der Waals surface area contributed by atoms with Gasteiger partial charge in [-0.1, -0.05) is 35.4 Å². The van der Waals surface area contributed by atoms with E-state index < -0.39 is 10.8 Å². The van der Waals surface area contributed by atoms with Gasteiger partial charge in [0.15, 0.2) is 11.5 Å². The van der Waals surface area contributed by atoms with E-state index in [4.69, 9.17) is 0 Å². The number of carbonyl (C=O) groups is 1. The maximum absolute atomic E-state index is 12.0. The number of aromatic nitrogens is 4. The standard InChI is InChI=1S/C14H12N6O3/c21-14(11-8-13(17-16-11)20(22)23)15-12-6-7-19(18-12)9-10-4-2-1-3-5-10/h1-8H,9H2,(H,16,17)(H,15,18,21). The first-order chi connectivity index (χ1) is 11.1. The molecule has 3 aromatic rings. The Bertz CT molecular complexity index is 839. The fourth-order valence-corrected chi connectivity index (χ4v) is 1.99. The van der Waals surface area contributed by atoms with E-state index in [1.165, 1.54) is 0 Å². The van der Waals surface area contributed by atoms with Crippen molar-refractivity contribution in [2.75, 3.05) is 5.32 Å². The molecule has 9 nitrogen and oxygen atoms in total. The number of carbonyl (C=O) groups excluding carboxylic acids is 1. The molecule has 1 amide bonds. The molecule has 9 heteroatoms. The zero-order valence-electron chi connectivity index (χ0n) is 11.8. The van der Waals surface area contributed by atoms with Crippen LogP contribution in [0.5, 0.6) is 0 Å². The number of amides is 1.